The molecule has 0 saturated heterocycles. The molecule has 0 saturated carbocycles. The summed E-state index contributed by atoms with van der Waals surface area (Å²) in [6, 6.07) is 23.4. The fourth-order valence-corrected chi connectivity index (χ4v) is 2.61. The quantitative estimate of drug-likeness (QED) is 0.0350. The van der Waals surface area contributed by atoms with Crippen molar-refractivity contribution in [2.75, 3.05) is 0 Å². The van der Waals surface area contributed by atoms with Gasteiger partial charge >= 0.3 is 16.5 Å². The Kier molecular flexibility index (Phi) is 22.9. The minimum atomic E-state index is -5.17. The molecular weight excluding hydrogens is 713 g/mol. The first-order chi connectivity index (χ1) is 22.5. The van der Waals surface area contributed by atoms with Crippen molar-refractivity contribution < 1.29 is 69.1 Å². The van der Waals surface area contributed by atoms with Gasteiger partial charge in [-0.1, -0.05) is 58.8 Å². The third-order valence-electron chi connectivity index (χ3n) is 5.32. The Morgan fingerprint density at radius 3 is 1.24 bits per heavy atom. The number of hydroxylamine groups is 1. The molecule has 3 aromatic carbocycles. The third-order valence-corrected chi connectivity index (χ3v) is 5.32. The number of carbonyl (C=O) groups is 3. The monoisotopic (exact) mass is 745 g/mol. The Morgan fingerprint density at radius 1 is 0.612 bits per heavy atom. The first-order valence-electron chi connectivity index (χ1n) is 13.1. The zero-order valence-electron chi connectivity index (χ0n) is 26.2. The predicted molar refractivity (Wildman–Crippen MR) is 172 cm³/mol. The maximum absolute atomic E-state index is 11.5. The molecule has 0 spiro atoms. The normalized spacial score (nSPS) is 11.3. The van der Waals surface area contributed by atoms with Crippen LogP contribution in [-0.2, 0) is 26.9 Å². The largest absolute Gasteiger partial charge is 2.00 e. The molecule has 0 bridgehead atoms. The molecule has 0 aliphatic rings. The van der Waals surface area contributed by atoms with Crippen molar-refractivity contribution in [1.29, 1.82) is 0 Å². The molecule has 3 amide bonds. The number of rotatable bonds is 7. The molecule has 0 aliphatic carbocycles. The zero-order chi connectivity index (χ0) is 36.7. The van der Waals surface area contributed by atoms with Gasteiger partial charge in [0, 0.05) is 21.5 Å². The van der Waals surface area contributed by atoms with Crippen LogP contribution in [0.2, 0.25) is 0 Å². The molecule has 0 fully saturated rings. The molecule has 0 aromatic heterocycles. The van der Waals surface area contributed by atoms with Crippen molar-refractivity contribution in [2.45, 2.75) is 27.7 Å². The van der Waals surface area contributed by atoms with E-state index in [0.717, 1.165) is 0 Å². The van der Waals surface area contributed by atoms with Crippen LogP contribution in [0.25, 0.3) is 0 Å². The molecule has 266 valence electrons. The van der Waals surface area contributed by atoms with E-state index in [1.165, 1.54) is 17.6 Å². The Bertz CT molecular complexity index is 1630. The fourth-order valence-electron chi connectivity index (χ4n) is 2.61. The number of carbonyl (C=O) groups excluding carboxylic acids is 3. The summed E-state index contributed by atoms with van der Waals surface area (Å²) in [5, 5.41) is 47.7. The molecule has 0 radical (unpaired) electrons. The molecular formula is C29H33N7NiO11S. The Morgan fingerprint density at radius 2 is 0.939 bits per heavy atom. The van der Waals surface area contributed by atoms with E-state index in [4.69, 9.17) is 38.3 Å². The molecule has 7 N–H and O–H groups in total. The number of phenols is 1. The van der Waals surface area contributed by atoms with Gasteiger partial charge in [0.25, 0.3) is 17.7 Å². The fraction of sp³-hybridized carbons (Fsp3) is 0.138. The van der Waals surface area contributed by atoms with E-state index in [0.29, 0.717) is 34.0 Å². The van der Waals surface area contributed by atoms with Crippen LogP contribution in [0.4, 0.5) is 0 Å². The molecule has 0 atom stereocenters. The van der Waals surface area contributed by atoms with Crippen LogP contribution >= 0.6 is 0 Å². The standard InChI is InChI=1S/2C11H13N3O2.C7H7NO3.Ni.H2O4S/c2*1-8(9(2)14-16)12-13-11(15)10-6-4-3-5-7-10;9-6-4-2-1-3-5(6)7(10)8-11;;1-5(2,3)4/h2*3-7,16H,1-2H3,(H,13,15);1-4,9,11H,(H,8,10);;(H2,1,2,3,4)/q;;;+2;/p-2/b2*12-8+,14-9+;;;. The second-order valence-corrected chi connectivity index (χ2v) is 9.56. The van der Waals surface area contributed by atoms with Crippen LogP contribution in [0.1, 0.15) is 58.8 Å². The number of nitrogens with zero attached hydrogens (tertiary/aromatic N) is 4. The maximum Gasteiger partial charge on any atom is 2.00 e. The zero-order valence-corrected chi connectivity index (χ0v) is 28.0. The average molecular weight is 746 g/mol. The van der Waals surface area contributed by atoms with E-state index >= 15 is 0 Å². The van der Waals surface area contributed by atoms with Crippen molar-refractivity contribution in [3.63, 3.8) is 0 Å². The van der Waals surface area contributed by atoms with Gasteiger partial charge in [0.2, 0.25) is 0 Å². The second kappa shape index (κ2) is 24.6. The van der Waals surface area contributed by atoms with Crippen molar-refractivity contribution in [2.24, 2.45) is 20.5 Å². The van der Waals surface area contributed by atoms with Gasteiger partial charge in [0.15, 0.2) is 0 Å². The molecule has 0 heterocycles. The summed E-state index contributed by atoms with van der Waals surface area (Å²) in [5.41, 5.74) is 8.88. The van der Waals surface area contributed by atoms with Gasteiger partial charge < -0.3 is 24.6 Å². The second-order valence-electron chi connectivity index (χ2n) is 8.75. The van der Waals surface area contributed by atoms with Crippen LogP contribution in [0, 0.1) is 0 Å². The summed E-state index contributed by atoms with van der Waals surface area (Å²) in [4.78, 5) is 33.8. The van der Waals surface area contributed by atoms with Gasteiger partial charge in [0.1, 0.15) is 5.75 Å². The van der Waals surface area contributed by atoms with E-state index in [9.17, 15) is 14.4 Å². The number of amides is 3. The van der Waals surface area contributed by atoms with Crippen LogP contribution < -0.4 is 16.3 Å². The van der Waals surface area contributed by atoms with Crippen LogP contribution in [0.3, 0.4) is 0 Å². The van der Waals surface area contributed by atoms with Gasteiger partial charge in [-0.25, -0.2) is 16.3 Å². The molecule has 3 rings (SSSR count). The topological polar surface area (TPSA) is 298 Å². The summed E-state index contributed by atoms with van der Waals surface area (Å²) in [7, 11) is -5.17. The molecule has 18 nitrogen and oxygen atoms in total. The van der Waals surface area contributed by atoms with E-state index < -0.39 is 16.3 Å². The summed E-state index contributed by atoms with van der Waals surface area (Å²) >= 11 is 0. The molecule has 0 unspecified atom stereocenters. The number of hydrogen-bond acceptors (Lipinski definition) is 15. The number of hydrogen-bond donors (Lipinski definition) is 7. The molecule has 49 heavy (non-hydrogen) atoms. The number of aromatic hydroxyl groups is 1. The number of nitrogens with one attached hydrogen (secondary N) is 3. The van der Waals surface area contributed by atoms with Crippen LogP contribution in [-0.4, -0.2) is 78.8 Å². The summed E-state index contributed by atoms with van der Waals surface area (Å²) in [6.07, 6.45) is 0. The van der Waals surface area contributed by atoms with Gasteiger partial charge in [0.05, 0.1) is 28.4 Å². The average Bonchev–Trinajstić information content (AvgIpc) is 3.08. The maximum atomic E-state index is 11.5. The number of para-hydroxylation sites is 1. The number of oxime groups is 2. The van der Waals surface area contributed by atoms with E-state index in [1.54, 1.807) is 88.4 Å². The van der Waals surface area contributed by atoms with Gasteiger partial charge in [-0.15, -0.1) is 0 Å². The minimum Gasteiger partial charge on any atom is -0.759 e. The summed E-state index contributed by atoms with van der Waals surface area (Å²) < 4.78 is 34.1. The smallest absolute Gasteiger partial charge is 0.759 e. The van der Waals surface area contributed by atoms with Gasteiger partial charge in [-0.3, -0.25) is 28.0 Å². The Labute approximate surface area is 291 Å². The number of benzene rings is 3. The van der Waals surface area contributed by atoms with Gasteiger partial charge in [-0.05, 0) is 64.1 Å². The van der Waals surface area contributed by atoms with E-state index in [2.05, 4.69) is 31.4 Å². The van der Waals surface area contributed by atoms with Crippen molar-refractivity contribution in [1.82, 2.24) is 16.3 Å². The number of phenolic OH excluding ortho intramolecular Hbond substituents is 1. The van der Waals surface area contributed by atoms with E-state index in [1.807, 2.05) is 12.1 Å². The van der Waals surface area contributed by atoms with Crippen molar-refractivity contribution in [3.8, 4) is 5.75 Å². The molecule has 3 aromatic rings. The predicted octanol–water partition coefficient (Wildman–Crippen LogP) is 2.46. The molecule has 0 aliphatic heterocycles. The summed E-state index contributed by atoms with van der Waals surface area (Å²) in [5.74, 6) is -1.47. The van der Waals surface area contributed by atoms with E-state index in [-0.39, 0.29) is 39.6 Å². The Balaban J connectivity index is 0. The van der Waals surface area contributed by atoms with Crippen LogP contribution in [0.5, 0.6) is 5.75 Å². The Hall–Kier alpha value is -5.53. The third kappa shape index (κ3) is 21.1. The van der Waals surface area contributed by atoms with Crippen LogP contribution in [0.15, 0.2) is 105 Å². The molecule has 20 heteroatoms. The van der Waals surface area contributed by atoms with Crippen molar-refractivity contribution in [3.05, 3.63) is 102 Å². The van der Waals surface area contributed by atoms with Crippen molar-refractivity contribution >= 4 is 51.0 Å². The first-order valence-corrected chi connectivity index (χ1v) is 14.4. The van der Waals surface area contributed by atoms with Gasteiger partial charge in [-0.2, -0.15) is 10.2 Å². The summed E-state index contributed by atoms with van der Waals surface area (Å²) in [6.45, 7) is 6.46. The number of hydrazone groups is 2. The SMILES string of the molecule is CC(=N\O)/C(C)=N/NC(=O)c1ccccc1.CC(=N\O)/C(C)=N/NC(=O)c1ccccc1.O=C(NO)c1ccccc1O.O=S(=O)([O-])[O-].[Ni+2]. The first kappa shape index (κ1) is 45.6. The minimum absolute atomic E-state index is 0.